The Balaban J connectivity index is 3.28. The quantitative estimate of drug-likeness (QED) is 0.633. The average molecular weight is 310 g/mol. The van der Waals surface area contributed by atoms with Gasteiger partial charge in [0, 0.05) is 5.56 Å². The third kappa shape index (κ3) is 3.12. The first kappa shape index (κ1) is 13.8. The van der Waals surface area contributed by atoms with E-state index >= 15 is 0 Å². The summed E-state index contributed by atoms with van der Waals surface area (Å²) in [6, 6.07) is 0. The molecule has 0 N–H and O–H groups in total. The van der Waals surface area contributed by atoms with Crippen molar-refractivity contribution >= 4 is 21.9 Å². The van der Waals surface area contributed by atoms with Crippen molar-refractivity contribution in [3.63, 3.8) is 0 Å². The highest BCUT2D eigenvalue weighted by Crippen LogP contribution is 2.35. The molecule has 0 saturated heterocycles. The maximum absolute atomic E-state index is 12.9. The van der Waals surface area contributed by atoms with Crippen molar-refractivity contribution in [2.75, 3.05) is 14.2 Å². The van der Waals surface area contributed by atoms with Crippen LogP contribution in [0.1, 0.15) is 17.6 Å². The molecule has 0 aliphatic carbocycles. The van der Waals surface area contributed by atoms with Gasteiger partial charge in [0.05, 0.1) is 32.4 Å². The number of carbonyl (C=O) groups excluding carboxylic acids is 1. The van der Waals surface area contributed by atoms with E-state index in [1.807, 2.05) is 0 Å². The van der Waals surface area contributed by atoms with Gasteiger partial charge in [-0.15, -0.1) is 0 Å². The van der Waals surface area contributed by atoms with Crippen LogP contribution in [0.25, 0.3) is 0 Å². The second-order valence-electron chi connectivity index (χ2n) is 3.06. The molecule has 0 amide bonds. The number of aromatic nitrogens is 1. The number of rotatable bonds is 4. The van der Waals surface area contributed by atoms with E-state index in [-0.39, 0.29) is 27.9 Å². The Bertz CT molecular complexity index is 426. The smallest absolute Gasteiger partial charge is 0.310 e. The van der Waals surface area contributed by atoms with Gasteiger partial charge in [0.25, 0.3) is 6.43 Å². The molecule has 0 spiro atoms. The third-order valence-corrected chi connectivity index (χ3v) is 2.81. The molecule has 0 fully saturated rings. The van der Waals surface area contributed by atoms with Crippen molar-refractivity contribution in [1.29, 1.82) is 0 Å². The molecule has 1 aromatic rings. The highest BCUT2D eigenvalue weighted by atomic mass is 79.9. The Kier molecular flexibility index (Phi) is 4.80. The molecule has 4 nitrogen and oxygen atoms in total. The molecule has 1 heterocycles. The molecular formula is C10H10BrF2NO3. The third-order valence-electron chi connectivity index (χ3n) is 2.12. The van der Waals surface area contributed by atoms with Crippen molar-refractivity contribution in [1.82, 2.24) is 4.98 Å². The SMILES string of the molecule is COC(=O)Cc1c(Br)ncc(OC)c1C(F)F. The van der Waals surface area contributed by atoms with E-state index in [4.69, 9.17) is 4.74 Å². The topological polar surface area (TPSA) is 48.4 Å². The largest absolute Gasteiger partial charge is 0.495 e. The van der Waals surface area contributed by atoms with Crippen LogP contribution < -0.4 is 4.74 Å². The minimum absolute atomic E-state index is 0.0536. The van der Waals surface area contributed by atoms with Crippen molar-refractivity contribution in [3.05, 3.63) is 21.9 Å². The van der Waals surface area contributed by atoms with Crippen LogP contribution in [0.15, 0.2) is 10.8 Å². The standard InChI is InChI=1S/C10H10BrF2NO3/c1-16-6-4-14-9(11)5(3-7(15)17-2)8(6)10(12)13/h4,10H,3H2,1-2H3. The lowest BCUT2D eigenvalue weighted by molar-refractivity contribution is -0.139. The molecule has 0 bridgehead atoms. The fourth-order valence-corrected chi connectivity index (χ4v) is 1.77. The minimum atomic E-state index is -2.76. The summed E-state index contributed by atoms with van der Waals surface area (Å²) < 4.78 is 35.3. The Morgan fingerprint density at radius 2 is 2.18 bits per heavy atom. The fraction of sp³-hybridized carbons (Fsp3) is 0.400. The number of ether oxygens (including phenoxy) is 2. The Labute approximate surface area is 105 Å². The van der Waals surface area contributed by atoms with Crippen LogP contribution in [0.2, 0.25) is 0 Å². The number of alkyl halides is 2. The van der Waals surface area contributed by atoms with Crippen LogP contribution in [-0.4, -0.2) is 25.2 Å². The molecule has 0 aliphatic rings. The first-order valence-electron chi connectivity index (χ1n) is 4.57. The Morgan fingerprint density at radius 1 is 1.53 bits per heavy atom. The molecule has 1 rings (SSSR count). The maximum atomic E-state index is 12.9. The average Bonchev–Trinajstić information content (AvgIpc) is 2.30. The number of hydrogen-bond acceptors (Lipinski definition) is 4. The molecule has 0 aliphatic heterocycles. The summed E-state index contributed by atoms with van der Waals surface area (Å²) in [4.78, 5) is 15.0. The monoisotopic (exact) mass is 309 g/mol. The van der Waals surface area contributed by atoms with Gasteiger partial charge >= 0.3 is 5.97 Å². The number of halogens is 3. The normalized spacial score (nSPS) is 10.5. The zero-order chi connectivity index (χ0) is 13.0. The van der Waals surface area contributed by atoms with Crippen molar-refractivity contribution < 1.29 is 23.0 Å². The predicted octanol–water partition coefficient (Wildman–Crippen LogP) is 2.51. The highest BCUT2D eigenvalue weighted by Gasteiger charge is 2.23. The van der Waals surface area contributed by atoms with Crippen LogP contribution in [0.5, 0.6) is 5.75 Å². The number of nitrogens with zero attached hydrogens (tertiary/aromatic N) is 1. The number of esters is 1. The second kappa shape index (κ2) is 5.90. The van der Waals surface area contributed by atoms with Crippen LogP contribution in [0, 0.1) is 0 Å². The summed E-state index contributed by atoms with van der Waals surface area (Å²) in [5, 5.41) is 0. The zero-order valence-electron chi connectivity index (χ0n) is 9.17. The van der Waals surface area contributed by atoms with E-state index in [0.29, 0.717) is 0 Å². The van der Waals surface area contributed by atoms with E-state index in [2.05, 4.69) is 25.7 Å². The van der Waals surface area contributed by atoms with E-state index < -0.39 is 12.4 Å². The number of carbonyl (C=O) groups is 1. The van der Waals surface area contributed by atoms with Crippen LogP contribution >= 0.6 is 15.9 Å². The maximum Gasteiger partial charge on any atom is 0.310 e. The minimum Gasteiger partial charge on any atom is -0.495 e. The van der Waals surface area contributed by atoms with Crippen molar-refractivity contribution in [2.45, 2.75) is 12.8 Å². The van der Waals surface area contributed by atoms with Gasteiger partial charge in [0.1, 0.15) is 10.4 Å². The lowest BCUT2D eigenvalue weighted by atomic mass is 10.1. The molecule has 0 unspecified atom stereocenters. The summed E-state index contributed by atoms with van der Waals surface area (Å²) >= 11 is 3.03. The zero-order valence-corrected chi connectivity index (χ0v) is 10.8. The van der Waals surface area contributed by atoms with Gasteiger partial charge < -0.3 is 9.47 Å². The van der Waals surface area contributed by atoms with Gasteiger partial charge in [0.15, 0.2) is 0 Å². The Morgan fingerprint density at radius 3 is 2.65 bits per heavy atom. The fourth-order valence-electron chi connectivity index (χ4n) is 1.31. The molecule has 0 aromatic carbocycles. The summed E-state index contributed by atoms with van der Waals surface area (Å²) in [7, 11) is 2.45. The first-order chi connectivity index (χ1) is 8.01. The van der Waals surface area contributed by atoms with E-state index in [1.165, 1.54) is 20.4 Å². The van der Waals surface area contributed by atoms with E-state index in [0.717, 1.165) is 0 Å². The summed E-state index contributed by atoms with van der Waals surface area (Å²) in [6.45, 7) is 0. The van der Waals surface area contributed by atoms with Gasteiger partial charge in [0.2, 0.25) is 0 Å². The van der Waals surface area contributed by atoms with Crippen molar-refractivity contribution in [3.8, 4) is 5.75 Å². The van der Waals surface area contributed by atoms with Crippen LogP contribution in [-0.2, 0) is 16.0 Å². The van der Waals surface area contributed by atoms with E-state index in [1.54, 1.807) is 0 Å². The van der Waals surface area contributed by atoms with Crippen LogP contribution in [0.3, 0.4) is 0 Å². The molecule has 17 heavy (non-hydrogen) atoms. The summed E-state index contributed by atoms with van der Waals surface area (Å²) in [5.74, 6) is -0.676. The van der Waals surface area contributed by atoms with Crippen LogP contribution in [0.4, 0.5) is 8.78 Å². The van der Waals surface area contributed by atoms with E-state index in [9.17, 15) is 13.6 Å². The lowest BCUT2D eigenvalue weighted by Crippen LogP contribution is -2.10. The molecule has 1 aromatic heterocycles. The number of hydrogen-bond donors (Lipinski definition) is 0. The van der Waals surface area contributed by atoms with Gasteiger partial charge in [-0.3, -0.25) is 4.79 Å². The molecule has 0 atom stereocenters. The predicted molar refractivity (Wildman–Crippen MR) is 59.2 cm³/mol. The highest BCUT2D eigenvalue weighted by molar-refractivity contribution is 9.10. The molecule has 7 heteroatoms. The van der Waals surface area contributed by atoms with Gasteiger partial charge in [-0.1, -0.05) is 0 Å². The van der Waals surface area contributed by atoms with Gasteiger partial charge in [-0.25, -0.2) is 13.8 Å². The Hall–Kier alpha value is -1.24. The second-order valence-corrected chi connectivity index (χ2v) is 3.81. The lowest BCUT2D eigenvalue weighted by Gasteiger charge is -2.13. The summed E-state index contributed by atoms with van der Waals surface area (Å²) in [6.07, 6.45) is -1.88. The molecule has 0 saturated carbocycles. The molecule has 0 radical (unpaired) electrons. The first-order valence-corrected chi connectivity index (χ1v) is 5.36. The van der Waals surface area contributed by atoms with Gasteiger partial charge in [-0.2, -0.15) is 0 Å². The van der Waals surface area contributed by atoms with Crippen molar-refractivity contribution in [2.24, 2.45) is 0 Å². The number of methoxy groups -OCH3 is 2. The molecular weight excluding hydrogens is 300 g/mol. The summed E-state index contributed by atoms with van der Waals surface area (Å²) in [5.41, 5.74) is -0.272. The molecule has 94 valence electrons. The number of pyridine rings is 1. The van der Waals surface area contributed by atoms with Gasteiger partial charge in [-0.05, 0) is 15.9 Å².